The number of aromatic nitrogens is 1. The fourth-order valence-corrected chi connectivity index (χ4v) is 5.06. The predicted molar refractivity (Wildman–Crippen MR) is 135 cm³/mol. The molecule has 0 spiro atoms. The van der Waals surface area contributed by atoms with Gasteiger partial charge < -0.3 is 0 Å². The van der Waals surface area contributed by atoms with E-state index in [-0.39, 0.29) is 27.5 Å². The molecule has 0 saturated carbocycles. The topological polar surface area (TPSA) is 167 Å². The SMILES string of the molecule is C/C(=N\NC(=O)c1ccc([N+](=O)[O-])cc1)c1cn(S(=O)(=O)c2cccc([N+](=O)[O-])c2)c2cc(C)ccc12. The first-order valence-electron chi connectivity index (χ1n) is 10.7. The Morgan fingerprint density at radius 2 is 1.62 bits per heavy atom. The van der Waals surface area contributed by atoms with Gasteiger partial charge in [0.15, 0.2) is 0 Å². The Bertz CT molecular complexity index is 1710. The highest BCUT2D eigenvalue weighted by molar-refractivity contribution is 7.90. The van der Waals surface area contributed by atoms with Crippen molar-refractivity contribution in [1.29, 1.82) is 0 Å². The molecule has 0 unspecified atom stereocenters. The number of hydrogen-bond acceptors (Lipinski definition) is 8. The van der Waals surface area contributed by atoms with Crippen LogP contribution in [0.25, 0.3) is 10.9 Å². The number of carbonyl (C=O) groups excluding carboxylic acids is 1. The summed E-state index contributed by atoms with van der Waals surface area (Å²) in [6.07, 6.45) is 1.34. The van der Waals surface area contributed by atoms with E-state index >= 15 is 0 Å². The van der Waals surface area contributed by atoms with E-state index in [1.165, 1.54) is 48.7 Å². The zero-order valence-electron chi connectivity index (χ0n) is 19.5. The molecule has 188 valence electrons. The number of carbonyl (C=O) groups is 1. The minimum Gasteiger partial charge on any atom is -0.267 e. The third-order valence-corrected chi connectivity index (χ3v) is 7.24. The normalized spacial score (nSPS) is 11.9. The molecule has 0 radical (unpaired) electrons. The zero-order valence-corrected chi connectivity index (χ0v) is 20.3. The summed E-state index contributed by atoms with van der Waals surface area (Å²) in [7, 11) is -4.22. The van der Waals surface area contributed by atoms with E-state index in [0.717, 1.165) is 15.6 Å². The molecule has 1 amide bonds. The van der Waals surface area contributed by atoms with Crippen LogP contribution in [-0.4, -0.2) is 33.9 Å². The maximum Gasteiger partial charge on any atom is 0.271 e. The predicted octanol–water partition coefficient (Wildman–Crippen LogP) is 4.16. The van der Waals surface area contributed by atoms with Crippen molar-refractivity contribution in [3.8, 4) is 0 Å². The van der Waals surface area contributed by atoms with E-state index in [2.05, 4.69) is 10.5 Å². The second kappa shape index (κ2) is 9.62. The molecule has 0 atom stereocenters. The van der Waals surface area contributed by atoms with Crippen molar-refractivity contribution < 1.29 is 23.1 Å². The van der Waals surface area contributed by atoms with Gasteiger partial charge in [-0.1, -0.05) is 18.2 Å². The number of nitrogens with one attached hydrogen (secondary N) is 1. The number of non-ortho nitro benzene ring substituents is 2. The van der Waals surface area contributed by atoms with Crippen LogP contribution >= 0.6 is 0 Å². The number of benzene rings is 3. The van der Waals surface area contributed by atoms with Gasteiger partial charge in [0, 0.05) is 47.0 Å². The number of hydrogen-bond donors (Lipinski definition) is 1. The van der Waals surface area contributed by atoms with Gasteiger partial charge in [-0.15, -0.1) is 0 Å². The quantitative estimate of drug-likeness (QED) is 0.216. The molecule has 0 aliphatic carbocycles. The Morgan fingerprint density at radius 1 is 0.946 bits per heavy atom. The van der Waals surface area contributed by atoms with Gasteiger partial charge in [-0.25, -0.2) is 17.8 Å². The standard InChI is InChI=1S/C24H19N5O7S/c1-15-6-11-21-22(16(2)25-26-24(30)17-7-9-18(10-8-17)28(31)32)14-27(23(21)12-15)37(35,36)20-5-3-4-19(13-20)29(33)34/h3-14H,1-2H3,(H,26,30)/b25-16+. The van der Waals surface area contributed by atoms with Crippen LogP contribution in [0.15, 0.2) is 82.9 Å². The minimum absolute atomic E-state index is 0.147. The van der Waals surface area contributed by atoms with Gasteiger partial charge in [-0.3, -0.25) is 25.0 Å². The maximum absolute atomic E-state index is 13.5. The molecule has 0 fully saturated rings. The smallest absolute Gasteiger partial charge is 0.267 e. The molecule has 3 aromatic carbocycles. The number of hydrazone groups is 1. The van der Waals surface area contributed by atoms with Gasteiger partial charge >= 0.3 is 0 Å². The Kier molecular flexibility index (Phi) is 6.55. The Balaban J connectivity index is 1.73. The van der Waals surface area contributed by atoms with E-state index in [9.17, 15) is 33.4 Å². The molecule has 13 heteroatoms. The zero-order chi connectivity index (χ0) is 26.9. The maximum atomic E-state index is 13.5. The summed E-state index contributed by atoms with van der Waals surface area (Å²) in [6.45, 7) is 3.37. The van der Waals surface area contributed by atoms with E-state index in [0.29, 0.717) is 16.5 Å². The molecule has 0 aliphatic heterocycles. The molecule has 0 bridgehead atoms. The van der Waals surface area contributed by atoms with Crippen LogP contribution in [0.4, 0.5) is 11.4 Å². The third-order valence-electron chi connectivity index (χ3n) is 5.57. The van der Waals surface area contributed by atoms with Gasteiger partial charge in [-0.05, 0) is 43.7 Å². The lowest BCUT2D eigenvalue weighted by molar-refractivity contribution is -0.385. The largest absolute Gasteiger partial charge is 0.271 e. The summed E-state index contributed by atoms with van der Waals surface area (Å²) in [4.78, 5) is 32.9. The molecule has 1 heterocycles. The summed E-state index contributed by atoms with van der Waals surface area (Å²) in [5, 5.41) is 26.6. The van der Waals surface area contributed by atoms with Crippen LogP contribution in [0.1, 0.15) is 28.4 Å². The lowest BCUT2D eigenvalue weighted by atomic mass is 10.1. The Labute approximate surface area is 210 Å². The first-order valence-corrected chi connectivity index (χ1v) is 12.1. The Morgan fingerprint density at radius 3 is 2.27 bits per heavy atom. The number of rotatable bonds is 7. The summed E-state index contributed by atoms with van der Waals surface area (Å²) in [5.74, 6) is -0.613. The first-order chi connectivity index (χ1) is 17.5. The molecule has 37 heavy (non-hydrogen) atoms. The van der Waals surface area contributed by atoms with Crippen LogP contribution in [0.3, 0.4) is 0 Å². The van der Waals surface area contributed by atoms with Gasteiger partial charge in [0.25, 0.3) is 27.3 Å². The van der Waals surface area contributed by atoms with Crippen molar-refractivity contribution >= 4 is 43.9 Å². The van der Waals surface area contributed by atoms with Crippen molar-refractivity contribution in [3.63, 3.8) is 0 Å². The molecular weight excluding hydrogens is 502 g/mol. The summed E-state index contributed by atoms with van der Waals surface area (Å²) in [6, 6.07) is 14.9. The highest BCUT2D eigenvalue weighted by Crippen LogP contribution is 2.29. The highest BCUT2D eigenvalue weighted by Gasteiger charge is 2.24. The minimum atomic E-state index is -4.22. The van der Waals surface area contributed by atoms with Crippen LogP contribution in [0, 0.1) is 27.2 Å². The second-order valence-corrected chi connectivity index (χ2v) is 9.88. The molecule has 4 rings (SSSR count). The molecule has 4 aromatic rings. The second-order valence-electron chi connectivity index (χ2n) is 8.06. The van der Waals surface area contributed by atoms with Gasteiger partial charge in [0.2, 0.25) is 0 Å². The number of nitro groups is 2. The van der Waals surface area contributed by atoms with Crippen molar-refractivity contribution in [2.24, 2.45) is 5.10 Å². The van der Waals surface area contributed by atoms with Crippen molar-refractivity contribution in [2.45, 2.75) is 18.7 Å². The van der Waals surface area contributed by atoms with Gasteiger partial charge in [-0.2, -0.15) is 5.10 Å². The van der Waals surface area contributed by atoms with E-state index in [1.54, 1.807) is 32.0 Å². The lowest BCUT2D eigenvalue weighted by Crippen LogP contribution is -2.19. The fraction of sp³-hybridized carbons (Fsp3) is 0.0833. The van der Waals surface area contributed by atoms with Crippen molar-refractivity contribution in [1.82, 2.24) is 9.40 Å². The molecule has 0 saturated heterocycles. The van der Waals surface area contributed by atoms with Crippen LogP contribution in [-0.2, 0) is 10.0 Å². The van der Waals surface area contributed by atoms with Crippen LogP contribution < -0.4 is 5.43 Å². The highest BCUT2D eigenvalue weighted by atomic mass is 32.2. The summed E-state index contributed by atoms with van der Waals surface area (Å²) < 4.78 is 28.0. The molecule has 1 aromatic heterocycles. The number of nitro benzene ring substituents is 2. The van der Waals surface area contributed by atoms with Crippen LogP contribution in [0.2, 0.25) is 0 Å². The van der Waals surface area contributed by atoms with E-state index in [1.807, 2.05) is 0 Å². The number of fused-ring (bicyclic) bond motifs is 1. The monoisotopic (exact) mass is 521 g/mol. The lowest BCUT2D eigenvalue weighted by Gasteiger charge is -2.08. The van der Waals surface area contributed by atoms with E-state index in [4.69, 9.17) is 0 Å². The van der Waals surface area contributed by atoms with Gasteiger partial charge in [0.05, 0.1) is 26.0 Å². The summed E-state index contributed by atoms with van der Waals surface area (Å²) in [5.41, 5.74) is 3.81. The molecule has 1 N–H and O–H groups in total. The van der Waals surface area contributed by atoms with Crippen molar-refractivity contribution in [3.05, 3.63) is 110 Å². The number of aryl methyl sites for hydroxylation is 1. The Hall–Kier alpha value is -4.91. The average Bonchev–Trinajstić information content (AvgIpc) is 3.26. The number of amides is 1. The van der Waals surface area contributed by atoms with Crippen molar-refractivity contribution in [2.75, 3.05) is 0 Å². The molecule has 12 nitrogen and oxygen atoms in total. The van der Waals surface area contributed by atoms with E-state index < -0.39 is 25.8 Å². The van der Waals surface area contributed by atoms with Gasteiger partial charge in [0.1, 0.15) is 0 Å². The first kappa shape index (κ1) is 25.2. The average molecular weight is 522 g/mol. The number of nitrogens with zero attached hydrogens (tertiary/aromatic N) is 4. The summed E-state index contributed by atoms with van der Waals surface area (Å²) >= 11 is 0. The fourth-order valence-electron chi connectivity index (χ4n) is 3.66. The molecule has 0 aliphatic rings. The van der Waals surface area contributed by atoms with Crippen LogP contribution in [0.5, 0.6) is 0 Å². The third kappa shape index (κ3) is 4.92. The molecular formula is C24H19N5O7S.